The number of unbranched alkanes of at least 4 members (excludes halogenated alkanes) is 10. The van der Waals surface area contributed by atoms with Gasteiger partial charge >= 0.3 is 0 Å². The molecular weight excluding hydrogens is 224 g/mol. The summed E-state index contributed by atoms with van der Waals surface area (Å²) in [6.07, 6.45) is 18.7. The van der Waals surface area contributed by atoms with Crippen LogP contribution in [0.15, 0.2) is 12.3 Å². The minimum atomic E-state index is 0.600. The van der Waals surface area contributed by atoms with Crippen molar-refractivity contribution in [3.8, 4) is 0 Å². The minimum Gasteiger partial charge on any atom is -0.346 e. The molecule has 0 aromatic carbocycles. The maximum absolute atomic E-state index is 4.79. The predicted octanol–water partition coefficient (Wildman–Crippen LogP) is 5.78. The van der Waals surface area contributed by atoms with Gasteiger partial charge in [-0.2, -0.15) is 4.89 Å². The smallest absolute Gasteiger partial charge is 0.125 e. The quantitative estimate of drug-likeness (QED) is 0.170. The van der Waals surface area contributed by atoms with Crippen molar-refractivity contribution in [2.45, 2.75) is 84.5 Å². The van der Waals surface area contributed by atoms with Crippen LogP contribution in [0, 0.1) is 0 Å². The zero-order valence-corrected chi connectivity index (χ0v) is 12.5. The van der Waals surface area contributed by atoms with E-state index in [0.717, 1.165) is 6.42 Å². The van der Waals surface area contributed by atoms with Crippen LogP contribution in [-0.2, 0) is 9.78 Å². The van der Waals surface area contributed by atoms with Crippen LogP contribution in [0.2, 0.25) is 0 Å². The zero-order valence-electron chi connectivity index (χ0n) is 12.5. The Hall–Kier alpha value is -0.500. The summed E-state index contributed by atoms with van der Waals surface area (Å²) in [5.41, 5.74) is 0. The van der Waals surface area contributed by atoms with Gasteiger partial charge in [0.1, 0.15) is 6.26 Å². The van der Waals surface area contributed by atoms with Crippen molar-refractivity contribution < 1.29 is 9.78 Å². The highest BCUT2D eigenvalue weighted by atomic mass is 17.2. The summed E-state index contributed by atoms with van der Waals surface area (Å²) in [6.45, 7) is 4.78. The second-order valence-corrected chi connectivity index (χ2v) is 4.85. The van der Waals surface area contributed by atoms with Gasteiger partial charge in [0.2, 0.25) is 0 Å². The molecule has 0 saturated carbocycles. The lowest BCUT2D eigenvalue weighted by Crippen LogP contribution is -1.84. The lowest BCUT2D eigenvalue weighted by atomic mass is 10.1. The average Bonchev–Trinajstić information content (AvgIpc) is 2.39. The van der Waals surface area contributed by atoms with Crippen LogP contribution in [0.1, 0.15) is 84.5 Å². The molecule has 0 aliphatic carbocycles. The zero-order chi connectivity index (χ0) is 13.3. The standard InChI is InChI=1S/C16H32O2/c1-3-5-6-7-8-9-10-11-12-13-14-15-16-18-17-4-2/h15-16H,3-14H2,1-2H3. The van der Waals surface area contributed by atoms with Gasteiger partial charge in [0.15, 0.2) is 0 Å². The van der Waals surface area contributed by atoms with Crippen molar-refractivity contribution in [1.82, 2.24) is 0 Å². The first-order valence-electron chi connectivity index (χ1n) is 7.85. The molecule has 0 aromatic heterocycles. The molecule has 0 N–H and O–H groups in total. The summed E-state index contributed by atoms with van der Waals surface area (Å²) in [6, 6.07) is 0. The lowest BCUT2D eigenvalue weighted by molar-refractivity contribution is -0.244. The third kappa shape index (κ3) is 15.5. The first-order chi connectivity index (χ1) is 8.91. The highest BCUT2D eigenvalue weighted by Gasteiger charge is 1.91. The molecule has 0 spiro atoms. The molecule has 0 aliphatic heterocycles. The highest BCUT2D eigenvalue weighted by molar-refractivity contribution is 4.71. The molecule has 0 saturated heterocycles. The Kier molecular flexibility index (Phi) is 16.0. The van der Waals surface area contributed by atoms with Crippen molar-refractivity contribution in [3.05, 3.63) is 12.3 Å². The monoisotopic (exact) mass is 256 g/mol. The van der Waals surface area contributed by atoms with Crippen molar-refractivity contribution in [2.75, 3.05) is 6.61 Å². The fourth-order valence-corrected chi connectivity index (χ4v) is 1.96. The topological polar surface area (TPSA) is 18.5 Å². The van der Waals surface area contributed by atoms with Crippen LogP contribution in [0.3, 0.4) is 0 Å². The van der Waals surface area contributed by atoms with Crippen LogP contribution in [0.4, 0.5) is 0 Å². The molecule has 2 nitrogen and oxygen atoms in total. The summed E-state index contributed by atoms with van der Waals surface area (Å²) >= 11 is 0. The van der Waals surface area contributed by atoms with Crippen LogP contribution < -0.4 is 0 Å². The Morgan fingerprint density at radius 3 is 1.83 bits per heavy atom. The summed E-state index contributed by atoms with van der Waals surface area (Å²) in [5, 5.41) is 0. The van der Waals surface area contributed by atoms with Gasteiger partial charge in [-0.05, 0) is 25.8 Å². The predicted molar refractivity (Wildman–Crippen MR) is 78.3 cm³/mol. The molecule has 0 bridgehead atoms. The molecule has 0 aromatic rings. The minimum absolute atomic E-state index is 0.600. The molecule has 0 atom stereocenters. The second-order valence-electron chi connectivity index (χ2n) is 4.85. The second kappa shape index (κ2) is 16.5. The first-order valence-corrected chi connectivity index (χ1v) is 7.85. The van der Waals surface area contributed by atoms with Gasteiger partial charge in [-0.15, -0.1) is 0 Å². The van der Waals surface area contributed by atoms with E-state index >= 15 is 0 Å². The molecule has 0 aliphatic rings. The van der Waals surface area contributed by atoms with Crippen LogP contribution in [0.5, 0.6) is 0 Å². The number of hydrogen-bond donors (Lipinski definition) is 0. The molecule has 2 heteroatoms. The first kappa shape index (κ1) is 17.5. The molecule has 108 valence electrons. The van der Waals surface area contributed by atoms with Gasteiger partial charge in [-0.3, -0.25) is 0 Å². The van der Waals surface area contributed by atoms with E-state index in [1.165, 1.54) is 64.2 Å². The number of hydrogen-bond acceptors (Lipinski definition) is 2. The lowest BCUT2D eigenvalue weighted by Gasteiger charge is -2.01. The summed E-state index contributed by atoms with van der Waals surface area (Å²) in [5.74, 6) is 0. The Bertz CT molecular complexity index is 166. The average molecular weight is 256 g/mol. The van der Waals surface area contributed by atoms with Gasteiger partial charge < -0.3 is 4.89 Å². The van der Waals surface area contributed by atoms with Crippen LogP contribution >= 0.6 is 0 Å². The van der Waals surface area contributed by atoms with E-state index in [0.29, 0.717) is 6.61 Å². The van der Waals surface area contributed by atoms with Crippen molar-refractivity contribution >= 4 is 0 Å². The molecule has 0 radical (unpaired) electrons. The molecule has 0 heterocycles. The van der Waals surface area contributed by atoms with E-state index in [1.54, 1.807) is 6.26 Å². The molecule has 0 rings (SSSR count). The summed E-state index contributed by atoms with van der Waals surface area (Å²) < 4.78 is 0. The van der Waals surface area contributed by atoms with Gasteiger partial charge in [-0.1, -0.05) is 64.7 Å². The Labute approximate surface area is 114 Å². The van der Waals surface area contributed by atoms with E-state index in [-0.39, 0.29) is 0 Å². The molecule has 18 heavy (non-hydrogen) atoms. The van der Waals surface area contributed by atoms with Crippen LogP contribution in [0.25, 0.3) is 0 Å². The van der Waals surface area contributed by atoms with Gasteiger partial charge in [-0.25, -0.2) is 0 Å². The van der Waals surface area contributed by atoms with Crippen molar-refractivity contribution in [2.24, 2.45) is 0 Å². The normalized spacial score (nSPS) is 11.2. The molecular formula is C16H32O2. The van der Waals surface area contributed by atoms with Crippen LogP contribution in [-0.4, -0.2) is 6.61 Å². The highest BCUT2D eigenvalue weighted by Crippen LogP contribution is 2.11. The maximum Gasteiger partial charge on any atom is 0.125 e. The van der Waals surface area contributed by atoms with Crippen molar-refractivity contribution in [1.29, 1.82) is 0 Å². The van der Waals surface area contributed by atoms with Gasteiger partial charge in [0.25, 0.3) is 0 Å². The molecule has 0 fully saturated rings. The Morgan fingerprint density at radius 2 is 1.28 bits per heavy atom. The summed E-state index contributed by atoms with van der Waals surface area (Å²) in [4.78, 5) is 9.54. The fourth-order valence-electron chi connectivity index (χ4n) is 1.96. The van der Waals surface area contributed by atoms with E-state index in [2.05, 4.69) is 6.92 Å². The van der Waals surface area contributed by atoms with Gasteiger partial charge in [0.05, 0.1) is 6.61 Å². The largest absolute Gasteiger partial charge is 0.346 e. The third-order valence-corrected chi connectivity index (χ3v) is 3.06. The van der Waals surface area contributed by atoms with Gasteiger partial charge in [0, 0.05) is 0 Å². The van der Waals surface area contributed by atoms with E-state index < -0.39 is 0 Å². The number of rotatable bonds is 14. The Morgan fingerprint density at radius 1 is 0.722 bits per heavy atom. The molecule has 0 amide bonds. The molecule has 0 unspecified atom stereocenters. The fraction of sp³-hybridized carbons (Fsp3) is 0.875. The summed E-state index contributed by atoms with van der Waals surface area (Å²) in [7, 11) is 0. The number of allylic oxidation sites excluding steroid dienone is 1. The third-order valence-electron chi connectivity index (χ3n) is 3.06. The maximum atomic E-state index is 4.79. The van der Waals surface area contributed by atoms with E-state index in [1.807, 2.05) is 13.0 Å². The van der Waals surface area contributed by atoms with Crippen molar-refractivity contribution in [3.63, 3.8) is 0 Å². The Balaban J connectivity index is 2.96. The van der Waals surface area contributed by atoms with E-state index in [9.17, 15) is 0 Å². The van der Waals surface area contributed by atoms with E-state index in [4.69, 9.17) is 9.78 Å². The SMILES string of the molecule is CCCCCCCCCCCCC=COOCC.